The van der Waals surface area contributed by atoms with Gasteiger partial charge in [-0.25, -0.2) is 0 Å². The van der Waals surface area contributed by atoms with Crippen molar-refractivity contribution < 1.29 is 9.21 Å². The smallest absolute Gasteiger partial charge is 0.225 e. The third kappa shape index (κ3) is 5.11. The summed E-state index contributed by atoms with van der Waals surface area (Å²) >= 11 is 7.50. The molecular formula is C22H19ClN4O2S. The third-order valence-electron chi connectivity index (χ3n) is 4.33. The maximum absolute atomic E-state index is 12.2. The molecule has 0 aliphatic heterocycles. The van der Waals surface area contributed by atoms with Gasteiger partial charge in [-0.1, -0.05) is 41.6 Å². The van der Waals surface area contributed by atoms with Crippen molar-refractivity contribution in [3.8, 4) is 11.4 Å². The van der Waals surface area contributed by atoms with Gasteiger partial charge in [0.05, 0.1) is 12.8 Å². The number of thioether (sulfide) groups is 1. The van der Waals surface area contributed by atoms with E-state index in [2.05, 4.69) is 15.5 Å². The molecule has 8 heteroatoms. The number of benzene rings is 2. The summed E-state index contributed by atoms with van der Waals surface area (Å²) in [4.78, 5) is 12.2. The van der Waals surface area contributed by atoms with E-state index < -0.39 is 0 Å². The van der Waals surface area contributed by atoms with E-state index in [0.717, 1.165) is 28.0 Å². The van der Waals surface area contributed by atoms with Gasteiger partial charge in [-0.05, 0) is 48.5 Å². The van der Waals surface area contributed by atoms with E-state index in [1.165, 1.54) is 11.8 Å². The lowest BCUT2D eigenvalue weighted by Crippen LogP contribution is -2.12. The number of halogens is 1. The minimum atomic E-state index is -0.0382. The molecule has 0 aliphatic rings. The predicted octanol–water partition coefficient (Wildman–Crippen LogP) is 5.36. The molecule has 0 saturated carbocycles. The Labute approximate surface area is 183 Å². The number of carbonyl (C=O) groups excluding carboxylic acids is 1. The summed E-state index contributed by atoms with van der Waals surface area (Å²) in [5.41, 5.74) is 1.70. The van der Waals surface area contributed by atoms with Gasteiger partial charge in [0.25, 0.3) is 0 Å². The van der Waals surface area contributed by atoms with Gasteiger partial charge in [0.15, 0.2) is 11.0 Å². The molecule has 1 amide bonds. The number of hydrogen-bond acceptors (Lipinski definition) is 5. The van der Waals surface area contributed by atoms with E-state index in [0.29, 0.717) is 23.7 Å². The Morgan fingerprint density at radius 2 is 1.83 bits per heavy atom. The Bertz CT molecular complexity index is 1100. The Morgan fingerprint density at radius 3 is 2.57 bits per heavy atom. The molecule has 152 valence electrons. The molecule has 0 spiro atoms. The summed E-state index contributed by atoms with van der Waals surface area (Å²) in [6, 6.07) is 20.6. The fourth-order valence-electron chi connectivity index (χ4n) is 2.89. The summed E-state index contributed by atoms with van der Waals surface area (Å²) in [6.45, 7) is 0.497. The zero-order valence-corrected chi connectivity index (χ0v) is 17.6. The summed E-state index contributed by atoms with van der Waals surface area (Å²) in [6.07, 6.45) is 2.01. The van der Waals surface area contributed by atoms with Gasteiger partial charge in [0.1, 0.15) is 5.76 Å². The molecule has 0 atom stereocenters. The highest BCUT2D eigenvalue weighted by Gasteiger charge is 2.16. The van der Waals surface area contributed by atoms with E-state index in [4.69, 9.17) is 16.0 Å². The molecule has 2 heterocycles. The van der Waals surface area contributed by atoms with Crippen LogP contribution < -0.4 is 5.32 Å². The van der Waals surface area contributed by atoms with Crippen LogP contribution >= 0.6 is 23.4 Å². The maximum Gasteiger partial charge on any atom is 0.225 e. The summed E-state index contributed by atoms with van der Waals surface area (Å²) in [7, 11) is 0. The first-order chi connectivity index (χ1) is 14.7. The first-order valence-electron chi connectivity index (χ1n) is 9.38. The van der Waals surface area contributed by atoms with Crippen LogP contribution in [0.4, 0.5) is 5.69 Å². The van der Waals surface area contributed by atoms with Crippen molar-refractivity contribution in [2.45, 2.75) is 18.1 Å². The molecule has 0 fully saturated rings. The highest BCUT2D eigenvalue weighted by Crippen LogP contribution is 2.26. The molecule has 0 bridgehead atoms. The zero-order chi connectivity index (χ0) is 20.8. The average molecular weight is 439 g/mol. The quantitative estimate of drug-likeness (QED) is 0.375. The van der Waals surface area contributed by atoms with Crippen LogP contribution in [0.5, 0.6) is 0 Å². The Kier molecular flexibility index (Phi) is 6.51. The number of nitrogens with one attached hydrogen (secondary N) is 1. The van der Waals surface area contributed by atoms with Crippen LogP contribution in [-0.4, -0.2) is 26.4 Å². The molecule has 0 radical (unpaired) electrons. The Hall–Kier alpha value is -3.03. The van der Waals surface area contributed by atoms with Crippen molar-refractivity contribution in [2.75, 3.05) is 11.1 Å². The van der Waals surface area contributed by atoms with Crippen molar-refractivity contribution in [1.82, 2.24) is 14.8 Å². The average Bonchev–Trinajstić information content (AvgIpc) is 3.40. The fourth-order valence-corrected chi connectivity index (χ4v) is 3.89. The molecule has 6 nitrogen and oxygen atoms in total. The third-order valence-corrected chi connectivity index (χ3v) is 5.55. The molecule has 0 saturated heterocycles. The standard InChI is InChI=1S/C22H19ClN4O2S/c23-17-10-8-16(9-11-17)21-25-26-22(27(21)15-19-7-4-13-29-19)30-14-12-20(28)24-18-5-2-1-3-6-18/h1-11,13H,12,14-15H2,(H,24,28). The van der Waals surface area contributed by atoms with Gasteiger partial charge in [-0.3, -0.25) is 9.36 Å². The lowest BCUT2D eigenvalue weighted by molar-refractivity contribution is -0.115. The van der Waals surface area contributed by atoms with Crippen LogP contribution in [0.15, 0.2) is 82.6 Å². The van der Waals surface area contributed by atoms with E-state index in [-0.39, 0.29) is 5.91 Å². The Morgan fingerprint density at radius 1 is 1.03 bits per heavy atom. The van der Waals surface area contributed by atoms with Gasteiger partial charge in [-0.2, -0.15) is 0 Å². The lowest BCUT2D eigenvalue weighted by atomic mass is 10.2. The number of aromatic nitrogens is 3. The van der Waals surface area contributed by atoms with Crippen molar-refractivity contribution in [3.05, 3.63) is 83.8 Å². The minimum absolute atomic E-state index is 0.0382. The number of nitrogens with zero attached hydrogens (tertiary/aromatic N) is 3. The number of rotatable bonds is 8. The largest absolute Gasteiger partial charge is 0.467 e. The van der Waals surface area contributed by atoms with E-state index >= 15 is 0 Å². The van der Waals surface area contributed by atoms with E-state index in [1.54, 1.807) is 6.26 Å². The highest BCUT2D eigenvalue weighted by molar-refractivity contribution is 7.99. The van der Waals surface area contributed by atoms with Crippen LogP contribution in [0, 0.1) is 0 Å². The number of furan rings is 1. The number of para-hydroxylation sites is 1. The molecule has 2 aromatic heterocycles. The number of anilines is 1. The molecule has 0 aliphatic carbocycles. The van der Waals surface area contributed by atoms with Crippen LogP contribution in [0.25, 0.3) is 11.4 Å². The van der Waals surface area contributed by atoms with Crippen molar-refractivity contribution in [3.63, 3.8) is 0 Å². The molecule has 2 aromatic carbocycles. The lowest BCUT2D eigenvalue weighted by Gasteiger charge is -2.09. The number of carbonyl (C=O) groups is 1. The molecule has 1 N–H and O–H groups in total. The SMILES string of the molecule is O=C(CCSc1nnc(-c2ccc(Cl)cc2)n1Cc1ccco1)Nc1ccccc1. The Balaban J connectivity index is 1.46. The first kappa shape index (κ1) is 20.3. The van der Waals surface area contributed by atoms with Gasteiger partial charge >= 0.3 is 0 Å². The molecule has 4 aromatic rings. The van der Waals surface area contributed by atoms with Crippen molar-refractivity contribution in [1.29, 1.82) is 0 Å². The maximum atomic E-state index is 12.2. The van der Waals surface area contributed by atoms with Gasteiger partial charge < -0.3 is 9.73 Å². The molecule has 4 rings (SSSR count). The normalized spacial score (nSPS) is 10.8. The van der Waals surface area contributed by atoms with E-state index in [1.807, 2.05) is 71.3 Å². The monoisotopic (exact) mass is 438 g/mol. The number of hydrogen-bond donors (Lipinski definition) is 1. The van der Waals surface area contributed by atoms with Crippen LogP contribution in [0.1, 0.15) is 12.2 Å². The van der Waals surface area contributed by atoms with Crippen molar-refractivity contribution >= 4 is 35.0 Å². The summed E-state index contributed by atoms with van der Waals surface area (Å²) in [5, 5.41) is 13.0. The second kappa shape index (κ2) is 9.65. The topological polar surface area (TPSA) is 73.0 Å². The second-order valence-corrected chi connectivity index (χ2v) is 7.99. The second-order valence-electron chi connectivity index (χ2n) is 6.49. The molecule has 30 heavy (non-hydrogen) atoms. The van der Waals surface area contributed by atoms with Gasteiger partial charge in [-0.15, -0.1) is 10.2 Å². The summed E-state index contributed by atoms with van der Waals surface area (Å²) < 4.78 is 7.50. The molecular weight excluding hydrogens is 420 g/mol. The highest BCUT2D eigenvalue weighted by atomic mass is 35.5. The fraction of sp³-hybridized carbons (Fsp3) is 0.136. The molecule has 0 unspecified atom stereocenters. The predicted molar refractivity (Wildman–Crippen MR) is 119 cm³/mol. The van der Waals surface area contributed by atoms with Crippen molar-refractivity contribution in [2.24, 2.45) is 0 Å². The van der Waals surface area contributed by atoms with Crippen LogP contribution in [0.3, 0.4) is 0 Å². The zero-order valence-electron chi connectivity index (χ0n) is 16.0. The van der Waals surface area contributed by atoms with E-state index in [9.17, 15) is 4.79 Å². The van der Waals surface area contributed by atoms with Gasteiger partial charge in [0.2, 0.25) is 5.91 Å². The number of amides is 1. The van der Waals surface area contributed by atoms with Crippen LogP contribution in [0.2, 0.25) is 5.02 Å². The van der Waals surface area contributed by atoms with Gasteiger partial charge in [0, 0.05) is 28.4 Å². The minimum Gasteiger partial charge on any atom is -0.467 e. The summed E-state index contributed by atoms with van der Waals surface area (Å²) in [5.74, 6) is 2.06. The first-order valence-corrected chi connectivity index (χ1v) is 10.7. The van der Waals surface area contributed by atoms with Crippen LogP contribution in [-0.2, 0) is 11.3 Å².